The van der Waals surface area contributed by atoms with Gasteiger partial charge in [0.05, 0.1) is 20.6 Å². The molecule has 18 heavy (non-hydrogen) atoms. The predicted molar refractivity (Wildman–Crippen MR) is 77.4 cm³/mol. The maximum atomic E-state index is 11.7. The first kappa shape index (κ1) is 14.7. The molecule has 1 rings (SSSR count). The van der Waals surface area contributed by atoms with Crippen molar-refractivity contribution in [2.75, 3.05) is 27.2 Å². The minimum absolute atomic E-state index is 0.109. The average Bonchev–Trinajstić information content (AvgIpc) is 2.38. The molecule has 0 bridgehead atoms. The number of rotatable bonds is 6. The van der Waals surface area contributed by atoms with Crippen LogP contribution in [0.4, 0.5) is 5.69 Å². The minimum Gasteiger partial charge on any atom is -0.350 e. The van der Waals surface area contributed by atoms with Gasteiger partial charge in [-0.05, 0) is 18.6 Å². The van der Waals surface area contributed by atoms with Gasteiger partial charge in [-0.3, -0.25) is 9.28 Å². The number of likely N-dealkylation sites (N-methyl/N-ethyl adjacent to an activating group) is 1. The highest BCUT2D eigenvalue weighted by Crippen LogP contribution is 2.16. The Hall–Kier alpha value is -1.35. The Balaban J connectivity index is 2.46. The van der Waals surface area contributed by atoms with E-state index in [0.29, 0.717) is 6.54 Å². The van der Waals surface area contributed by atoms with E-state index in [2.05, 4.69) is 31.5 Å². The van der Waals surface area contributed by atoms with E-state index >= 15 is 0 Å². The predicted octanol–water partition coefficient (Wildman–Crippen LogP) is 2.42. The zero-order valence-corrected chi connectivity index (χ0v) is 11.9. The first-order chi connectivity index (χ1) is 8.47. The van der Waals surface area contributed by atoms with E-state index in [1.807, 2.05) is 32.0 Å². The average molecular weight is 249 g/mol. The van der Waals surface area contributed by atoms with Gasteiger partial charge >= 0.3 is 0 Å². The Morgan fingerprint density at radius 1 is 1.28 bits per heavy atom. The molecular weight excluding hydrogens is 224 g/mol. The summed E-state index contributed by atoms with van der Waals surface area (Å²) in [7, 11) is 4.31. The third kappa shape index (κ3) is 4.15. The molecule has 0 aliphatic heterocycles. The highest BCUT2D eigenvalue weighted by Gasteiger charge is 2.18. The number of carbonyl (C=O) groups excluding carboxylic acids is 1. The molecule has 1 aromatic carbocycles. The van der Waals surface area contributed by atoms with E-state index in [1.165, 1.54) is 5.69 Å². The topological polar surface area (TPSA) is 29.1 Å². The molecule has 0 radical (unpaired) electrons. The number of hydrogen-bond donors (Lipinski definition) is 1. The summed E-state index contributed by atoms with van der Waals surface area (Å²) in [6.45, 7) is 5.61. The van der Waals surface area contributed by atoms with Crippen LogP contribution in [0.25, 0.3) is 0 Å². The van der Waals surface area contributed by atoms with Crippen LogP contribution in [-0.2, 0) is 4.79 Å². The zero-order chi connectivity index (χ0) is 13.6. The van der Waals surface area contributed by atoms with Crippen LogP contribution < -0.4 is 9.80 Å². The molecule has 1 aromatic rings. The van der Waals surface area contributed by atoms with E-state index < -0.39 is 0 Å². The zero-order valence-electron chi connectivity index (χ0n) is 11.9. The molecule has 1 unspecified atom stereocenters. The first-order valence-electron chi connectivity index (χ1n) is 6.63. The number of nitrogens with one attached hydrogen (secondary N) is 1. The van der Waals surface area contributed by atoms with Gasteiger partial charge in [0.25, 0.3) is 0 Å². The van der Waals surface area contributed by atoms with Crippen molar-refractivity contribution in [3.05, 3.63) is 30.3 Å². The molecule has 0 aliphatic rings. The van der Waals surface area contributed by atoms with Crippen molar-refractivity contribution in [1.82, 2.24) is 9.80 Å². The van der Waals surface area contributed by atoms with Crippen molar-refractivity contribution in [3.63, 3.8) is 0 Å². The van der Waals surface area contributed by atoms with Crippen LogP contribution >= 0.6 is 0 Å². The van der Waals surface area contributed by atoms with E-state index in [4.69, 9.17) is 0 Å². The van der Waals surface area contributed by atoms with Crippen molar-refractivity contribution < 1.29 is 4.79 Å². The largest absolute Gasteiger partial charge is 0.350 e. The van der Waals surface area contributed by atoms with Crippen LogP contribution in [0.3, 0.4) is 0 Å². The second-order valence-corrected chi connectivity index (χ2v) is 5.34. The second kappa shape index (κ2) is 6.55. The highest BCUT2D eigenvalue weighted by molar-refractivity contribution is 5.78. The van der Waals surface area contributed by atoms with E-state index in [9.17, 15) is 4.79 Å². The summed E-state index contributed by atoms with van der Waals surface area (Å²) in [6, 6.07) is 10.4. The molecule has 0 saturated heterocycles. The lowest BCUT2D eigenvalue weighted by molar-refractivity contribution is -0.124. The van der Waals surface area contributed by atoms with E-state index in [0.717, 1.165) is 17.4 Å². The van der Waals surface area contributed by atoms with Crippen LogP contribution in [0.1, 0.15) is 20.3 Å². The fraction of sp³-hybridized carbons (Fsp3) is 0.533. The van der Waals surface area contributed by atoms with Gasteiger partial charge in [-0.25, -0.2) is 0 Å². The van der Waals surface area contributed by atoms with Gasteiger partial charge in [0.2, 0.25) is 5.91 Å². The number of amides is 1. The normalized spacial score (nSPS) is 13.1. The molecule has 1 amide bonds. The molecule has 1 atom stereocenters. The lowest BCUT2D eigenvalue weighted by Gasteiger charge is -2.29. The summed E-state index contributed by atoms with van der Waals surface area (Å²) in [5.41, 5.74) is 1.26. The van der Waals surface area contributed by atoms with Gasteiger partial charge in [0.15, 0.2) is 0 Å². The summed E-state index contributed by atoms with van der Waals surface area (Å²) >= 11 is 0. The molecule has 0 aliphatic carbocycles. The number of carbonyl (C=O) groups is 1. The highest BCUT2D eigenvalue weighted by atomic mass is 16.1. The molecule has 0 saturated carbocycles. The molecule has 3 heteroatoms. The van der Waals surface area contributed by atoms with Gasteiger partial charge < -0.3 is 5.32 Å². The number of quaternary nitrogens is 1. The Kier molecular flexibility index (Phi) is 5.35. The van der Waals surface area contributed by atoms with Crippen LogP contribution in [0.15, 0.2) is 30.3 Å². The first-order valence-corrected chi connectivity index (χ1v) is 6.63. The van der Waals surface area contributed by atoms with Gasteiger partial charge in [-0.1, -0.05) is 32.0 Å². The van der Waals surface area contributed by atoms with Gasteiger partial charge in [0, 0.05) is 5.92 Å². The number of para-hydroxylation sites is 1. The monoisotopic (exact) mass is 249 g/mol. The van der Waals surface area contributed by atoms with Crippen molar-refractivity contribution in [3.8, 4) is 0 Å². The molecule has 0 fully saturated rings. The molecule has 0 heterocycles. The number of nitrogens with zero attached hydrogens (tertiary/aromatic N) is 1. The maximum absolute atomic E-state index is 11.7. The summed E-state index contributed by atoms with van der Waals surface area (Å²) < 4.78 is 0.779. The smallest absolute Gasteiger partial charge is 0.223 e. The molecule has 1 N–H and O–H groups in total. The standard InChI is InChI=1S/C15H24N2O/c1-5-13(2)15(18)16-11-12-17(3,4)14-9-7-6-8-10-14/h6-10,13H,5,11-12H2,1-4H3/p+1. The SMILES string of the molecule is CCC(C)C(=O)NCC[N+](C)(C)c1ccccc1. The van der Waals surface area contributed by atoms with Crippen molar-refractivity contribution in [2.45, 2.75) is 20.3 Å². The second-order valence-electron chi connectivity index (χ2n) is 5.34. The fourth-order valence-corrected chi connectivity index (χ4v) is 1.78. The van der Waals surface area contributed by atoms with E-state index in [-0.39, 0.29) is 11.8 Å². The van der Waals surface area contributed by atoms with Crippen LogP contribution in [-0.4, -0.2) is 33.1 Å². The van der Waals surface area contributed by atoms with Gasteiger partial charge in [-0.2, -0.15) is 0 Å². The molecular formula is C15H25N2O+. The third-order valence-electron chi connectivity index (χ3n) is 3.49. The lowest BCUT2D eigenvalue weighted by atomic mass is 10.1. The molecule has 100 valence electrons. The Morgan fingerprint density at radius 2 is 1.89 bits per heavy atom. The molecule has 3 nitrogen and oxygen atoms in total. The van der Waals surface area contributed by atoms with Crippen molar-refractivity contribution >= 4 is 11.6 Å². The lowest BCUT2D eigenvalue weighted by Crippen LogP contribution is -2.46. The van der Waals surface area contributed by atoms with E-state index in [1.54, 1.807) is 0 Å². The third-order valence-corrected chi connectivity index (χ3v) is 3.49. The Bertz CT molecular complexity index is 373. The molecule has 0 aromatic heterocycles. The van der Waals surface area contributed by atoms with Crippen LogP contribution in [0, 0.1) is 5.92 Å². The summed E-state index contributed by atoms with van der Waals surface area (Å²) in [6.07, 6.45) is 0.892. The maximum Gasteiger partial charge on any atom is 0.223 e. The number of benzene rings is 1. The summed E-state index contributed by atoms with van der Waals surface area (Å²) in [5, 5.41) is 3.00. The minimum atomic E-state index is 0.109. The summed E-state index contributed by atoms with van der Waals surface area (Å²) in [5.74, 6) is 0.267. The Morgan fingerprint density at radius 3 is 2.44 bits per heavy atom. The van der Waals surface area contributed by atoms with Crippen molar-refractivity contribution in [1.29, 1.82) is 0 Å². The quantitative estimate of drug-likeness (QED) is 0.771. The van der Waals surface area contributed by atoms with Crippen LogP contribution in [0.2, 0.25) is 0 Å². The molecule has 0 spiro atoms. The van der Waals surface area contributed by atoms with Crippen LogP contribution in [0.5, 0.6) is 0 Å². The van der Waals surface area contributed by atoms with Gasteiger partial charge in [-0.15, -0.1) is 0 Å². The van der Waals surface area contributed by atoms with Crippen molar-refractivity contribution in [2.24, 2.45) is 5.92 Å². The number of hydrogen-bond acceptors (Lipinski definition) is 1. The van der Waals surface area contributed by atoms with Gasteiger partial charge in [0.1, 0.15) is 12.2 Å². The summed E-state index contributed by atoms with van der Waals surface area (Å²) in [4.78, 5) is 11.7. The Labute approximate surface area is 110 Å². The fourth-order valence-electron chi connectivity index (χ4n) is 1.78.